The van der Waals surface area contributed by atoms with Crippen molar-refractivity contribution < 1.29 is 4.74 Å². The average molecular weight is 169 g/mol. The van der Waals surface area contributed by atoms with E-state index in [1.54, 1.807) is 0 Å². The smallest absolute Gasteiger partial charge is 0.0698 e. The number of morpholine rings is 1. The molecular weight excluding hydrogens is 150 g/mol. The van der Waals surface area contributed by atoms with Gasteiger partial charge in [0.25, 0.3) is 0 Å². The van der Waals surface area contributed by atoms with E-state index in [1.807, 2.05) is 0 Å². The van der Waals surface area contributed by atoms with Gasteiger partial charge in [-0.25, -0.2) is 0 Å². The van der Waals surface area contributed by atoms with E-state index in [-0.39, 0.29) is 0 Å². The molecule has 1 unspecified atom stereocenters. The first-order chi connectivity index (χ1) is 5.85. The molecule has 0 aromatic heterocycles. The van der Waals surface area contributed by atoms with Crippen molar-refractivity contribution in [2.24, 2.45) is 0 Å². The van der Waals surface area contributed by atoms with E-state index in [4.69, 9.17) is 4.74 Å². The third-order valence-corrected chi connectivity index (χ3v) is 3.32. The Kier molecular flexibility index (Phi) is 2.37. The summed E-state index contributed by atoms with van der Waals surface area (Å²) in [5, 5.41) is 3.67. The number of hydrogen-bond donors (Lipinski definition) is 1. The Morgan fingerprint density at radius 1 is 1.42 bits per heavy atom. The molecule has 1 aliphatic carbocycles. The fourth-order valence-corrected chi connectivity index (χ4v) is 2.35. The summed E-state index contributed by atoms with van der Waals surface area (Å²) in [5.41, 5.74) is 0.381. The van der Waals surface area contributed by atoms with Crippen LogP contribution in [0.3, 0.4) is 0 Å². The fraction of sp³-hybridized carbons (Fsp3) is 1.00. The minimum absolute atomic E-state index is 0.381. The second kappa shape index (κ2) is 3.35. The fourth-order valence-electron chi connectivity index (χ4n) is 2.35. The van der Waals surface area contributed by atoms with Crippen molar-refractivity contribution in [1.29, 1.82) is 0 Å². The van der Waals surface area contributed by atoms with Gasteiger partial charge in [-0.1, -0.05) is 19.8 Å². The summed E-state index contributed by atoms with van der Waals surface area (Å²) in [4.78, 5) is 0. The maximum Gasteiger partial charge on any atom is 0.0698 e. The molecule has 1 atom stereocenters. The standard InChI is InChI=1S/C10H19NO/c1-2-9-7-11-10(8-12-9)5-3-4-6-10/h9,11H,2-8H2,1H3. The van der Waals surface area contributed by atoms with Crippen molar-refractivity contribution in [3.63, 3.8) is 0 Å². The van der Waals surface area contributed by atoms with Gasteiger partial charge >= 0.3 is 0 Å². The van der Waals surface area contributed by atoms with Crippen LogP contribution < -0.4 is 5.32 Å². The Morgan fingerprint density at radius 3 is 2.67 bits per heavy atom. The van der Waals surface area contributed by atoms with Gasteiger partial charge in [-0.2, -0.15) is 0 Å². The lowest BCUT2D eigenvalue weighted by Crippen LogP contribution is -2.55. The van der Waals surface area contributed by atoms with Crippen LogP contribution in [-0.4, -0.2) is 24.8 Å². The Balaban J connectivity index is 1.88. The third-order valence-electron chi connectivity index (χ3n) is 3.32. The Bertz CT molecular complexity index is 142. The summed E-state index contributed by atoms with van der Waals surface area (Å²) in [5.74, 6) is 0. The first-order valence-corrected chi connectivity index (χ1v) is 5.21. The zero-order chi connectivity index (χ0) is 8.44. The molecule has 0 radical (unpaired) electrons. The highest BCUT2D eigenvalue weighted by Crippen LogP contribution is 2.32. The van der Waals surface area contributed by atoms with Gasteiger partial charge in [0, 0.05) is 12.1 Å². The molecule has 2 nitrogen and oxygen atoms in total. The second-order valence-electron chi connectivity index (χ2n) is 4.21. The molecule has 1 N–H and O–H groups in total. The predicted molar refractivity (Wildman–Crippen MR) is 49.2 cm³/mol. The largest absolute Gasteiger partial charge is 0.375 e. The molecule has 0 amide bonds. The molecule has 1 spiro atoms. The van der Waals surface area contributed by atoms with Gasteiger partial charge in [0.1, 0.15) is 0 Å². The lowest BCUT2D eigenvalue weighted by Gasteiger charge is -2.38. The number of hydrogen-bond acceptors (Lipinski definition) is 2. The molecule has 12 heavy (non-hydrogen) atoms. The van der Waals surface area contributed by atoms with Crippen LogP contribution >= 0.6 is 0 Å². The molecule has 2 fully saturated rings. The lowest BCUT2D eigenvalue weighted by atomic mass is 9.96. The first kappa shape index (κ1) is 8.52. The van der Waals surface area contributed by atoms with E-state index in [0.29, 0.717) is 11.6 Å². The normalized spacial score (nSPS) is 34.2. The van der Waals surface area contributed by atoms with Gasteiger partial charge in [0.2, 0.25) is 0 Å². The summed E-state index contributed by atoms with van der Waals surface area (Å²) >= 11 is 0. The molecule has 0 aromatic carbocycles. The molecule has 1 saturated heterocycles. The molecule has 70 valence electrons. The Morgan fingerprint density at radius 2 is 2.17 bits per heavy atom. The molecule has 2 heteroatoms. The summed E-state index contributed by atoms with van der Waals surface area (Å²) < 4.78 is 5.80. The summed E-state index contributed by atoms with van der Waals surface area (Å²) in [6.45, 7) is 4.21. The lowest BCUT2D eigenvalue weighted by molar-refractivity contribution is -0.0321. The van der Waals surface area contributed by atoms with Gasteiger partial charge in [-0.3, -0.25) is 0 Å². The van der Waals surface area contributed by atoms with E-state index in [1.165, 1.54) is 25.7 Å². The van der Waals surface area contributed by atoms with Crippen molar-refractivity contribution in [3.8, 4) is 0 Å². The predicted octanol–water partition coefficient (Wildman–Crippen LogP) is 1.70. The number of ether oxygens (including phenoxy) is 1. The molecule has 2 rings (SSSR count). The molecule has 1 aliphatic heterocycles. The monoisotopic (exact) mass is 169 g/mol. The summed E-state index contributed by atoms with van der Waals surface area (Å²) in [6.07, 6.45) is 7.02. The molecule has 0 bridgehead atoms. The quantitative estimate of drug-likeness (QED) is 0.645. The average Bonchev–Trinajstić information content (AvgIpc) is 2.55. The van der Waals surface area contributed by atoms with Crippen LogP contribution in [0.2, 0.25) is 0 Å². The van der Waals surface area contributed by atoms with E-state index in [2.05, 4.69) is 12.2 Å². The van der Waals surface area contributed by atoms with Crippen molar-refractivity contribution in [2.75, 3.05) is 13.2 Å². The minimum Gasteiger partial charge on any atom is -0.375 e. The van der Waals surface area contributed by atoms with E-state index in [9.17, 15) is 0 Å². The maximum absolute atomic E-state index is 5.80. The maximum atomic E-state index is 5.80. The van der Waals surface area contributed by atoms with Crippen LogP contribution in [0.1, 0.15) is 39.0 Å². The van der Waals surface area contributed by atoms with Crippen LogP contribution in [0, 0.1) is 0 Å². The highest BCUT2D eigenvalue weighted by Gasteiger charge is 2.37. The zero-order valence-electron chi connectivity index (χ0n) is 7.94. The number of rotatable bonds is 1. The van der Waals surface area contributed by atoms with Crippen molar-refractivity contribution in [3.05, 3.63) is 0 Å². The second-order valence-corrected chi connectivity index (χ2v) is 4.21. The van der Waals surface area contributed by atoms with Gasteiger partial charge in [-0.05, 0) is 19.3 Å². The van der Waals surface area contributed by atoms with Crippen LogP contribution in [0.4, 0.5) is 0 Å². The van der Waals surface area contributed by atoms with Crippen LogP contribution in [-0.2, 0) is 4.74 Å². The summed E-state index contributed by atoms with van der Waals surface area (Å²) in [7, 11) is 0. The highest BCUT2D eigenvalue weighted by molar-refractivity contribution is 4.95. The topological polar surface area (TPSA) is 21.3 Å². The molecule has 1 saturated carbocycles. The SMILES string of the molecule is CCC1CNC2(CCCC2)CO1. The van der Waals surface area contributed by atoms with Crippen LogP contribution in [0.5, 0.6) is 0 Å². The van der Waals surface area contributed by atoms with Crippen LogP contribution in [0.25, 0.3) is 0 Å². The van der Waals surface area contributed by atoms with Crippen molar-refractivity contribution in [1.82, 2.24) is 5.32 Å². The zero-order valence-corrected chi connectivity index (χ0v) is 7.94. The Labute approximate surface area is 74.7 Å². The van der Waals surface area contributed by atoms with Gasteiger partial charge in [0.15, 0.2) is 0 Å². The minimum atomic E-state index is 0.381. The molecule has 0 aromatic rings. The summed E-state index contributed by atoms with van der Waals surface area (Å²) in [6, 6.07) is 0. The Hall–Kier alpha value is -0.0800. The molecular formula is C10H19NO. The van der Waals surface area contributed by atoms with Crippen molar-refractivity contribution in [2.45, 2.75) is 50.7 Å². The highest BCUT2D eigenvalue weighted by atomic mass is 16.5. The van der Waals surface area contributed by atoms with E-state index in [0.717, 1.165) is 19.6 Å². The third kappa shape index (κ3) is 1.50. The van der Waals surface area contributed by atoms with Crippen molar-refractivity contribution >= 4 is 0 Å². The number of nitrogens with one attached hydrogen (secondary N) is 1. The van der Waals surface area contributed by atoms with Gasteiger partial charge < -0.3 is 10.1 Å². The van der Waals surface area contributed by atoms with Crippen LogP contribution in [0.15, 0.2) is 0 Å². The molecule has 2 aliphatic rings. The van der Waals surface area contributed by atoms with Gasteiger partial charge in [-0.15, -0.1) is 0 Å². The first-order valence-electron chi connectivity index (χ1n) is 5.21. The molecule has 1 heterocycles. The van der Waals surface area contributed by atoms with Gasteiger partial charge in [0.05, 0.1) is 12.7 Å². The van der Waals surface area contributed by atoms with E-state index >= 15 is 0 Å². The van der Waals surface area contributed by atoms with E-state index < -0.39 is 0 Å².